The zero-order valence-electron chi connectivity index (χ0n) is 8.07. The van der Waals surface area contributed by atoms with E-state index >= 15 is 0 Å². The van der Waals surface area contributed by atoms with Crippen LogP contribution in [0, 0.1) is 0 Å². The van der Waals surface area contributed by atoms with Gasteiger partial charge in [0.15, 0.2) is 0 Å². The summed E-state index contributed by atoms with van der Waals surface area (Å²) >= 11 is 0. The minimum absolute atomic E-state index is 0.164. The summed E-state index contributed by atoms with van der Waals surface area (Å²) in [5, 5.41) is 9.21. The van der Waals surface area contributed by atoms with E-state index in [1.165, 1.54) is 0 Å². The van der Waals surface area contributed by atoms with E-state index in [0.29, 0.717) is 6.54 Å². The van der Waals surface area contributed by atoms with E-state index in [-0.39, 0.29) is 18.1 Å². The third-order valence-electron chi connectivity index (χ3n) is 2.44. The van der Waals surface area contributed by atoms with E-state index in [9.17, 15) is 9.90 Å². The Morgan fingerprint density at radius 3 is 2.92 bits per heavy atom. The quantitative estimate of drug-likeness (QED) is 0.636. The normalized spacial score (nSPS) is 27.1. The second-order valence-corrected chi connectivity index (χ2v) is 3.76. The molecule has 0 aromatic rings. The van der Waals surface area contributed by atoms with Crippen LogP contribution in [0.1, 0.15) is 26.2 Å². The highest BCUT2D eigenvalue weighted by Crippen LogP contribution is 2.16. The first kappa shape index (κ1) is 10.5. The summed E-state index contributed by atoms with van der Waals surface area (Å²) in [5.41, 5.74) is 5.27. The molecule has 76 valence electrons. The molecule has 4 nitrogen and oxygen atoms in total. The molecule has 1 rings (SSSR count). The first-order chi connectivity index (χ1) is 6.11. The Labute approximate surface area is 78.7 Å². The molecule has 13 heavy (non-hydrogen) atoms. The summed E-state index contributed by atoms with van der Waals surface area (Å²) in [6, 6.07) is -0.164. The van der Waals surface area contributed by atoms with Gasteiger partial charge in [0.25, 0.3) is 0 Å². The lowest BCUT2D eigenvalue weighted by Gasteiger charge is -2.34. The van der Waals surface area contributed by atoms with Gasteiger partial charge in [0.1, 0.15) is 0 Å². The fraction of sp³-hybridized carbons (Fsp3) is 0.889. The molecule has 0 aromatic heterocycles. The smallest absolute Gasteiger partial charge is 0.234 e. The second-order valence-electron chi connectivity index (χ2n) is 3.76. The molecule has 1 aliphatic rings. The first-order valence-electron chi connectivity index (χ1n) is 4.82. The minimum atomic E-state index is -0.389. The van der Waals surface area contributed by atoms with Crippen molar-refractivity contribution in [3.8, 4) is 0 Å². The summed E-state index contributed by atoms with van der Waals surface area (Å²) in [7, 11) is 0. The monoisotopic (exact) mass is 186 g/mol. The molecular weight excluding hydrogens is 168 g/mol. The Morgan fingerprint density at radius 1 is 1.69 bits per heavy atom. The Hall–Kier alpha value is -0.610. The van der Waals surface area contributed by atoms with E-state index < -0.39 is 0 Å². The van der Waals surface area contributed by atoms with Crippen LogP contribution in [0.25, 0.3) is 0 Å². The Kier molecular flexibility index (Phi) is 3.69. The number of nitrogens with two attached hydrogens (primary N) is 1. The molecule has 0 radical (unpaired) electrons. The standard InChI is InChI=1S/C9H18N2O2/c1-7(12)6-11-5-3-2-4-8(11)9(10)13/h7-8,12H,2-6H2,1H3,(H2,10,13)/t7-,8?/m0/s1. The number of carbonyl (C=O) groups excluding carboxylic acids is 1. The van der Waals surface area contributed by atoms with Gasteiger partial charge in [-0.25, -0.2) is 0 Å². The summed E-state index contributed by atoms with van der Waals surface area (Å²) in [6.45, 7) is 3.15. The van der Waals surface area contributed by atoms with Crippen molar-refractivity contribution in [2.75, 3.05) is 13.1 Å². The van der Waals surface area contributed by atoms with E-state index in [4.69, 9.17) is 5.73 Å². The number of carbonyl (C=O) groups is 1. The highest BCUT2D eigenvalue weighted by atomic mass is 16.3. The lowest BCUT2D eigenvalue weighted by Crippen LogP contribution is -2.49. The fourth-order valence-corrected chi connectivity index (χ4v) is 1.87. The molecule has 1 saturated heterocycles. The minimum Gasteiger partial charge on any atom is -0.392 e. The lowest BCUT2D eigenvalue weighted by atomic mass is 10.0. The molecular formula is C9H18N2O2. The number of hydrogen-bond acceptors (Lipinski definition) is 3. The van der Waals surface area contributed by atoms with E-state index in [2.05, 4.69) is 0 Å². The average Bonchev–Trinajstić information content (AvgIpc) is 2.03. The molecule has 1 heterocycles. The molecule has 0 spiro atoms. The van der Waals surface area contributed by atoms with Crippen molar-refractivity contribution in [3.63, 3.8) is 0 Å². The molecule has 1 aliphatic heterocycles. The molecule has 2 atom stereocenters. The van der Waals surface area contributed by atoms with E-state index in [1.807, 2.05) is 4.90 Å². The summed E-state index contributed by atoms with van der Waals surface area (Å²) < 4.78 is 0. The SMILES string of the molecule is C[C@H](O)CN1CCCCC1C(N)=O. The number of aliphatic hydroxyl groups is 1. The Bertz CT molecular complexity index is 182. The number of piperidine rings is 1. The van der Waals surface area contributed by atoms with Gasteiger partial charge in [-0.05, 0) is 26.3 Å². The summed E-state index contributed by atoms with van der Waals surface area (Å²) in [6.07, 6.45) is 2.60. The zero-order chi connectivity index (χ0) is 9.84. The van der Waals surface area contributed by atoms with Crippen molar-refractivity contribution in [3.05, 3.63) is 0 Å². The maximum absolute atomic E-state index is 11.0. The largest absolute Gasteiger partial charge is 0.392 e. The summed E-state index contributed by atoms with van der Waals surface area (Å²) in [5.74, 6) is -0.264. The van der Waals surface area contributed by atoms with Crippen LogP contribution in [-0.4, -0.2) is 41.1 Å². The van der Waals surface area contributed by atoms with E-state index in [0.717, 1.165) is 25.8 Å². The number of primary amides is 1. The Balaban J connectivity index is 2.51. The van der Waals surface area contributed by atoms with E-state index in [1.54, 1.807) is 6.92 Å². The number of amides is 1. The van der Waals surface area contributed by atoms with Gasteiger partial charge < -0.3 is 10.8 Å². The molecule has 0 aromatic carbocycles. The average molecular weight is 186 g/mol. The molecule has 0 saturated carbocycles. The van der Waals surface area contributed by atoms with Gasteiger partial charge in [-0.3, -0.25) is 9.69 Å². The van der Waals surface area contributed by atoms with Gasteiger partial charge in [-0.15, -0.1) is 0 Å². The van der Waals surface area contributed by atoms with Crippen molar-refractivity contribution in [2.45, 2.75) is 38.3 Å². The van der Waals surface area contributed by atoms with Gasteiger partial charge in [0, 0.05) is 6.54 Å². The van der Waals surface area contributed by atoms with Gasteiger partial charge in [0.2, 0.25) is 5.91 Å². The van der Waals surface area contributed by atoms with Crippen molar-refractivity contribution in [1.82, 2.24) is 4.90 Å². The maximum Gasteiger partial charge on any atom is 0.234 e. The predicted octanol–water partition coefficient (Wildman–Crippen LogP) is -0.293. The van der Waals surface area contributed by atoms with Gasteiger partial charge in [0.05, 0.1) is 12.1 Å². The van der Waals surface area contributed by atoms with Crippen LogP contribution in [0.2, 0.25) is 0 Å². The number of hydrogen-bond donors (Lipinski definition) is 2. The van der Waals surface area contributed by atoms with Crippen molar-refractivity contribution < 1.29 is 9.90 Å². The van der Waals surface area contributed by atoms with Crippen molar-refractivity contribution >= 4 is 5.91 Å². The third kappa shape index (κ3) is 2.97. The first-order valence-corrected chi connectivity index (χ1v) is 4.82. The van der Waals surface area contributed by atoms with Gasteiger partial charge in [-0.2, -0.15) is 0 Å². The highest BCUT2D eigenvalue weighted by Gasteiger charge is 2.27. The molecule has 0 bridgehead atoms. The molecule has 1 fully saturated rings. The number of rotatable bonds is 3. The Morgan fingerprint density at radius 2 is 2.38 bits per heavy atom. The molecule has 1 amide bonds. The topological polar surface area (TPSA) is 66.6 Å². The number of nitrogens with zero attached hydrogens (tertiary/aromatic N) is 1. The molecule has 4 heteroatoms. The number of aliphatic hydroxyl groups excluding tert-OH is 1. The summed E-state index contributed by atoms with van der Waals surface area (Å²) in [4.78, 5) is 13.0. The predicted molar refractivity (Wildman–Crippen MR) is 50.1 cm³/mol. The third-order valence-corrected chi connectivity index (χ3v) is 2.44. The van der Waals surface area contributed by atoms with Crippen LogP contribution in [0.4, 0.5) is 0 Å². The molecule has 1 unspecified atom stereocenters. The number of β-amino-alcohol motifs (C(OH)–C–C–N with tert-alkyl or cyclic N) is 1. The zero-order valence-corrected chi connectivity index (χ0v) is 8.07. The van der Waals surface area contributed by atoms with Crippen LogP contribution in [0.3, 0.4) is 0 Å². The second kappa shape index (κ2) is 4.58. The highest BCUT2D eigenvalue weighted by molar-refractivity contribution is 5.79. The fourth-order valence-electron chi connectivity index (χ4n) is 1.87. The van der Waals surface area contributed by atoms with Crippen LogP contribution in [0.15, 0.2) is 0 Å². The van der Waals surface area contributed by atoms with Gasteiger partial charge >= 0.3 is 0 Å². The number of likely N-dealkylation sites (tertiary alicyclic amines) is 1. The molecule has 3 N–H and O–H groups in total. The van der Waals surface area contributed by atoms with Crippen LogP contribution in [-0.2, 0) is 4.79 Å². The maximum atomic E-state index is 11.0. The van der Waals surface area contributed by atoms with Crippen molar-refractivity contribution in [2.24, 2.45) is 5.73 Å². The molecule has 0 aliphatic carbocycles. The van der Waals surface area contributed by atoms with Crippen LogP contribution < -0.4 is 5.73 Å². The van der Waals surface area contributed by atoms with Gasteiger partial charge in [-0.1, -0.05) is 6.42 Å². The van der Waals surface area contributed by atoms with Crippen LogP contribution >= 0.6 is 0 Å². The van der Waals surface area contributed by atoms with Crippen molar-refractivity contribution in [1.29, 1.82) is 0 Å². The lowest BCUT2D eigenvalue weighted by molar-refractivity contribution is -0.124. The van der Waals surface area contributed by atoms with Crippen LogP contribution in [0.5, 0.6) is 0 Å².